The minimum atomic E-state index is -0.350. The van der Waals surface area contributed by atoms with Crippen molar-refractivity contribution in [3.63, 3.8) is 0 Å². The van der Waals surface area contributed by atoms with Gasteiger partial charge >= 0.3 is 0 Å². The fraction of sp³-hybridized carbons (Fsp3) is 0.304. The van der Waals surface area contributed by atoms with Gasteiger partial charge in [0.05, 0.1) is 18.2 Å². The van der Waals surface area contributed by atoms with Gasteiger partial charge in [-0.05, 0) is 48.7 Å². The van der Waals surface area contributed by atoms with Crippen LogP contribution in [0.5, 0.6) is 0 Å². The molecule has 2 aromatic carbocycles. The standard InChI is InChI=1S/C23H24N4O/c1-26-16-19(14-25-26)18-8-6-17(7-9-18)15-27-21-5-3-2-4-20(21)23(22(27)28)10-12-24-13-11-23/h2-9,14,16,24H,10-13,15H2,1H3. The molecule has 5 nitrogen and oxygen atoms in total. The molecular formula is C23H24N4O. The van der Waals surface area contributed by atoms with Crippen molar-refractivity contribution in [3.05, 3.63) is 72.1 Å². The number of para-hydroxylation sites is 1. The lowest BCUT2D eigenvalue weighted by atomic mass is 9.74. The number of nitrogens with one attached hydrogen (secondary N) is 1. The summed E-state index contributed by atoms with van der Waals surface area (Å²) in [6.07, 6.45) is 5.63. The van der Waals surface area contributed by atoms with E-state index in [9.17, 15) is 4.79 Å². The third-order valence-electron chi connectivity index (χ3n) is 6.15. The molecule has 0 bridgehead atoms. The molecule has 5 rings (SSSR count). The second kappa shape index (κ2) is 6.60. The van der Waals surface area contributed by atoms with E-state index in [1.165, 1.54) is 5.56 Å². The maximum absolute atomic E-state index is 13.5. The number of aryl methyl sites for hydroxylation is 1. The van der Waals surface area contributed by atoms with Crippen LogP contribution in [-0.2, 0) is 23.8 Å². The highest BCUT2D eigenvalue weighted by atomic mass is 16.2. The van der Waals surface area contributed by atoms with Crippen LogP contribution in [0.2, 0.25) is 0 Å². The topological polar surface area (TPSA) is 50.2 Å². The molecule has 2 aliphatic rings. The Bertz CT molecular complexity index is 1020. The molecule has 5 heteroatoms. The zero-order chi connectivity index (χ0) is 19.1. The molecule has 3 heterocycles. The predicted octanol–water partition coefficient (Wildman–Crippen LogP) is 3.26. The highest BCUT2D eigenvalue weighted by Gasteiger charge is 2.50. The van der Waals surface area contributed by atoms with Gasteiger partial charge in [0.25, 0.3) is 0 Å². The first-order valence-electron chi connectivity index (χ1n) is 9.88. The molecule has 1 N–H and O–H groups in total. The number of rotatable bonds is 3. The van der Waals surface area contributed by atoms with E-state index in [4.69, 9.17) is 0 Å². The Morgan fingerprint density at radius 3 is 2.50 bits per heavy atom. The lowest BCUT2D eigenvalue weighted by molar-refractivity contribution is -0.124. The number of aromatic nitrogens is 2. The van der Waals surface area contributed by atoms with E-state index in [-0.39, 0.29) is 11.3 Å². The van der Waals surface area contributed by atoms with Crippen LogP contribution in [0.3, 0.4) is 0 Å². The molecule has 0 atom stereocenters. The predicted molar refractivity (Wildman–Crippen MR) is 110 cm³/mol. The Hall–Kier alpha value is -2.92. The summed E-state index contributed by atoms with van der Waals surface area (Å²) in [7, 11) is 1.92. The van der Waals surface area contributed by atoms with Gasteiger partial charge in [-0.3, -0.25) is 9.48 Å². The Morgan fingerprint density at radius 2 is 1.79 bits per heavy atom. The average molecular weight is 372 g/mol. The third kappa shape index (κ3) is 2.66. The zero-order valence-electron chi connectivity index (χ0n) is 16.1. The third-order valence-corrected chi connectivity index (χ3v) is 6.15. The number of anilines is 1. The second-order valence-electron chi connectivity index (χ2n) is 7.84. The molecule has 1 aromatic heterocycles. The number of amides is 1. The molecule has 3 aromatic rings. The number of piperidine rings is 1. The van der Waals surface area contributed by atoms with Gasteiger partial charge in [0.1, 0.15) is 0 Å². The molecule has 0 saturated carbocycles. The number of benzene rings is 2. The summed E-state index contributed by atoms with van der Waals surface area (Å²) in [5, 5.41) is 7.64. The molecule has 1 amide bonds. The molecular weight excluding hydrogens is 348 g/mol. The van der Waals surface area contributed by atoms with Crippen molar-refractivity contribution in [3.8, 4) is 11.1 Å². The maximum Gasteiger partial charge on any atom is 0.238 e. The highest BCUT2D eigenvalue weighted by molar-refractivity contribution is 6.08. The van der Waals surface area contributed by atoms with E-state index < -0.39 is 0 Å². The molecule has 142 valence electrons. The van der Waals surface area contributed by atoms with Crippen LogP contribution in [0.4, 0.5) is 5.69 Å². The van der Waals surface area contributed by atoms with Crippen molar-refractivity contribution in [1.29, 1.82) is 0 Å². The molecule has 1 saturated heterocycles. The van der Waals surface area contributed by atoms with E-state index in [2.05, 4.69) is 52.9 Å². The van der Waals surface area contributed by atoms with Crippen LogP contribution in [0.25, 0.3) is 11.1 Å². The Labute approximate surface area is 165 Å². The summed E-state index contributed by atoms with van der Waals surface area (Å²) in [5.41, 5.74) is 5.31. The summed E-state index contributed by atoms with van der Waals surface area (Å²) in [5.74, 6) is 0.256. The van der Waals surface area contributed by atoms with Gasteiger partial charge in [-0.1, -0.05) is 42.5 Å². The molecule has 1 spiro atoms. The number of carbonyl (C=O) groups excluding carboxylic acids is 1. The smallest absolute Gasteiger partial charge is 0.238 e. The second-order valence-corrected chi connectivity index (χ2v) is 7.84. The summed E-state index contributed by atoms with van der Waals surface area (Å²) in [4.78, 5) is 15.5. The first kappa shape index (κ1) is 17.2. The van der Waals surface area contributed by atoms with Gasteiger partial charge in [-0.2, -0.15) is 5.10 Å². The first-order chi connectivity index (χ1) is 13.7. The molecule has 2 aliphatic heterocycles. The highest BCUT2D eigenvalue weighted by Crippen LogP contribution is 2.47. The number of fused-ring (bicyclic) bond motifs is 2. The van der Waals surface area contributed by atoms with Crippen LogP contribution in [0.1, 0.15) is 24.0 Å². The van der Waals surface area contributed by atoms with Crippen molar-refractivity contribution in [2.45, 2.75) is 24.8 Å². The summed E-state index contributed by atoms with van der Waals surface area (Å²) in [6, 6.07) is 16.8. The van der Waals surface area contributed by atoms with Crippen molar-refractivity contribution in [2.24, 2.45) is 7.05 Å². The minimum Gasteiger partial charge on any atom is -0.317 e. The van der Waals surface area contributed by atoms with Crippen LogP contribution in [0, 0.1) is 0 Å². The average Bonchev–Trinajstić information content (AvgIpc) is 3.26. The summed E-state index contributed by atoms with van der Waals surface area (Å²) >= 11 is 0. The number of hydrogen-bond acceptors (Lipinski definition) is 3. The Morgan fingerprint density at radius 1 is 1.04 bits per heavy atom. The van der Waals surface area contributed by atoms with E-state index in [0.29, 0.717) is 6.54 Å². The molecule has 28 heavy (non-hydrogen) atoms. The number of hydrogen-bond donors (Lipinski definition) is 1. The Kier molecular flexibility index (Phi) is 4.05. The zero-order valence-corrected chi connectivity index (χ0v) is 16.1. The van der Waals surface area contributed by atoms with E-state index in [0.717, 1.165) is 48.3 Å². The molecule has 0 unspecified atom stereocenters. The van der Waals surface area contributed by atoms with Gasteiger partial charge in [-0.25, -0.2) is 0 Å². The lowest BCUT2D eigenvalue weighted by Gasteiger charge is -2.33. The van der Waals surface area contributed by atoms with Crippen LogP contribution in [-0.4, -0.2) is 28.8 Å². The van der Waals surface area contributed by atoms with Gasteiger partial charge < -0.3 is 10.2 Å². The van der Waals surface area contributed by atoms with E-state index in [1.54, 1.807) is 0 Å². The fourth-order valence-electron chi connectivity index (χ4n) is 4.65. The molecule has 0 aliphatic carbocycles. The van der Waals surface area contributed by atoms with Crippen LogP contribution >= 0.6 is 0 Å². The fourth-order valence-corrected chi connectivity index (χ4v) is 4.65. The van der Waals surface area contributed by atoms with E-state index in [1.807, 2.05) is 35.1 Å². The summed E-state index contributed by atoms with van der Waals surface area (Å²) < 4.78 is 1.81. The van der Waals surface area contributed by atoms with Gasteiger partial charge in [0.15, 0.2) is 0 Å². The Balaban J connectivity index is 1.44. The van der Waals surface area contributed by atoms with Gasteiger partial charge in [0.2, 0.25) is 5.91 Å². The van der Waals surface area contributed by atoms with E-state index >= 15 is 0 Å². The van der Waals surface area contributed by atoms with Crippen LogP contribution < -0.4 is 10.2 Å². The van der Waals surface area contributed by atoms with Crippen molar-refractivity contribution >= 4 is 11.6 Å². The van der Waals surface area contributed by atoms with Crippen molar-refractivity contribution in [2.75, 3.05) is 18.0 Å². The van der Waals surface area contributed by atoms with Crippen molar-refractivity contribution in [1.82, 2.24) is 15.1 Å². The number of nitrogens with zero attached hydrogens (tertiary/aromatic N) is 3. The minimum absolute atomic E-state index is 0.256. The normalized spacial score (nSPS) is 17.9. The van der Waals surface area contributed by atoms with Gasteiger partial charge in [-0.15, -0.1) is 0 Å². The molecule has 1 fully saturated rings. The van der Waals surface area contributed by atoms with Gasteiger partial charge in [0, 0.05) is 24.5 Å². The van der Waals surface area contributed by atoms with Crippen LogP contribution in [0.15, 0.2) is 60.9 Å². The lowest BCUT2D eigenvalue weighted by Crippen LogP contribution is -2.47. The maximum atomic E-state index is 13.5. The largest absolute Gasteiger partial charge is 0.317 e. The molecule has 0 radical (unpaired) electrons. The quantitative estimate of drug-likeness (QED) is 0.768. The SMILES string of the molecule is Cn1cc(-c2ccc(CN3C(=O)C4(CCNCC4)c4ccccc43)cc2)cn1. The summed E-state index contributed by atoms with van der Waals surface area (Å²) in [6.45, 7) is 2.40. The number of carbonyl (C=O) groups is 1. The van der Waals surface area contributed by atoms with Crippen molar-refractivity contribution < 1.29 is 4.79 Å². The monoisotopic (exact) mass is 372 g/mol. The first-order valence-corrected chi connectivity index (χ1v) is 9.88.